The van der Waals surface area contributed by atoms with Crippen LogP contribution in [-0.2, 0) is 13.0 Å². The molecular formula is C26H35N5O2. The van der Waals surface area contributed by atoms with Crippen LogP contribution in [0.1, 0.15) is 43.8 Å². The predicted molar refractivity (Wildman–Crippen MR) is 133 cm³/mol. The van der Waals surface area contributed by atoms with Crippen molar-refractivity contribution in [2.75, 3.05) is 19.6 Å². The van der Waals surface area contributed by atoms with Crippen molar-refractivity contribution >= 4 is 5.96 Å². The summed E-state index contributed by atoms with van der Waals surface area (Å²) in [4.78, 5) is 9.07. The first-order chi connectivity index (χ1) is 16.0. The third-order valence-electron chi connectivity index (χ3n) is 5.02. The van der Waals surface area contributed by atoms with Crippen molar-refractivity contribution in [3.8, 4) is 5.75 Å². The summed E-state index contributed by atoms with van der Waals surface area (Å²) >= 11 is 0. The van der Waals surface area contributed by atoms with Gasteiger partial charge in [-0.2, -0.15) is 0 Å². The van der Waals surface area contributed by atoms with E-state index in [0.29, 0.717) is 12.5 Å². The fraction of sp³-hybridized carbons (Fsp3) is 0.385. The first-order valence-electron chi connectivity index (χ1n) is 11.6. The van der Waals surface area contributed by atoms with Gasteiger partial charge < -0.3 is 25.0 Å². The van der Waals surface area contributed by atoms with Gasteiger partial charge in [0.2, 0.25) is 0 Å². The SMILES string of the molecule is CCNC(=NCC(O)c1cccc(OC(C)C)c1)NCCc1nccn1Cc1ccccc1. The lowest BCUT2D eigenvalue weighted by Gasteiger charge is -2.15. The average molecular weight is 450 g/mol. The van der Waals surface area contributed by atoms with Crippen LogP contribution < -0.4 is 15.4 Å². The monoisotopic (exact) mass is 449 g/mol. The van der Waals surface area contributed by atoms with Crippen LogP contribution >= 0.6 is 0 Å². The number of hydrogen-bond acceptors (Lipinski definition) is 4. The maximum Gasteiger partial charge on any atom is 0.191 e. The molecule has 1 atom stereocenters. The van der Waals surface area contributed by atoms with Crippen LogP contribution in [-0.4, -0.2) is 46.4 Å². The summed E-state index contributed by atoms with van der Waals surface area (Å²) in [6, 6.07) is 17.9. The molecule has 0 fully saturated rings. The van der Waals surface area contributed by atoms with Crippen molar-refractivity contribution in [2.45, 2.75) is 45.9 Å². The minimum absolute atomic E-state index is 0.0864. The lowest BCUT2D eigenvalue weighted by molar-refractivity contribution is 0.185. The van der Waals surface area contributed by atoms with Gasteiger partial charge in [-0.1, -0.05) is 42.5 Å². The Labute approximate surface area is 196 Å². The van der Waals surface area contributed by atoms with E-state index in [0.717, 1.165) is 36.6 Å². The molecule has 0 aliphatic heterocycles. The van der Waals surface area contributed by atoms with E-state index in [9.17, 15) is 5.11 Å². The van der Waals surface area contributed by atoms with Crippen molar-refractivity contribution in [3.05, 3.63) is 83.9 Å². The number of nitrogens with zero attached hydrogens (tertiary/aromatic N) is 3. The molecule has 0 amide bonds. The molecule has 0 radical (unpaired) electrons. The number of aliphatic hydroxyl groups is 1. The molecule has 7 nitrogen and oxygen atoms in total. The Balaban J connectivity index is 1.54. The molecule has 3 rings (SSSR count). The number of aliphatic hydroxyl groups excluding tert-OH is 1. The molecule has 0 bridgehead atoms. The van der Waals surface area contributed by atoms with E-state index >= 15 is 0 Å². The van der Waals surface area contributed by atoms with E-state index < -0.39 is 6.10 Å². The average Bonchev–Trinajstić information content (AvgIpc) is 3.24. The Kier molecular flexibility index (Phi) is 9.32. The first kappa shape index (κ1) is 24.3. The van der Waals surface area contributed by atoms with Crippen molar-refractivity contribution < 1.29 is 9.84 Å². The standard InChI is InChI=1S/C26H35N5O2/c1-4-27-26(30-18-24(32)22-11-8-12-23(17-22)33-20(2)3)29-14-13-25-28-15-16-31(25)19-21-9-6-5-7-10-21/h5-12,15-17,20,24,32H,4,13-14,18-19H2,1-3H3,(H2,27,29,30). The Morgan fingerprint density at radius 3 is 2.70 bits per heavy atom. The van der Waals surface area contributed by atoms with Gasteiger partial charge in [0.15, 0.2) is 5.96 Å². The molecular weight excluding hydrogens is 414 g/mol. The molecule has 1 unspecified atom stereocenters. The number of guanidine groups is 1. The number of imidazole rings is 1. The molecule has 0 spiro atoms. The van der Waals surface area contributed by atoms with Gasteiger partial charge in [0.05, 0.1) is 18.8 Å². The Morgan fingerprint density at radius 1 is 1.12 bits per heavy atom. The van der Waals surface area contributed by atoms with E-state index in [1.165, 1.54) is 5.56 Å². The highest BCUT2D eigenvalue weighted by Gasteiger charge is 2.10. The van der Waals surface area contributed by atoms with Gasteiger partial charge in [-0.05, 0) is 44.0 Å². The lowest BCUT2D eigenvalue weighted by atomic mass is 10.1. The third-order valence-corrected chi connectivity index (χ3v) is 5.02. The zero-order valence-electron chi connectivity index (χ0n) is 19.7. The number of ether oxygens (including phenoxy) is 1. The molecule has 0 aliphatic rings. The van der Waals surface area contributed by atoms with Gasteiger partial charge in [-0.25, -0.2) is 4.98 Å². The number of rotatable bonds is 11. The summed E-state index contributed by atoms with van der Waals surface area (Å²) in [5.74, 6) is 2.44. The van der Waals surface area contributed by atoms with Gasteiger partial charge in [-0.3, -0.25) is 4.99 Å². The summed E-state index contributed by atoms with van der Waals surface area (Å²) in [6.07, 6.45) is 3.99. The van der Waals surface area contributed by atoms with Crippen LogP contribution in [0.4, 0.5) is 0 Å². The summed E-state index contributed by atoms with van der Waals surface area (Å²) in [5, 5.41) is 17.2. The zero-order valence-corrected chi connectivity index (χ0v) is 19.7. The Hall–Kier alpha value is -3.32. The highest BCUT2D eigenvalue weighted by Crippen LogP contribution is 2.20. The molecule has 7 heteroatoms. The van der Waals surface area contributed by atoms with Gasteiger partial charge in [0, 0.05) is 38.4 Å². The zero-order chi connectivity index (χ0) is 23.5. The van der Waals surface area contributed by atoms with E-state index in [1.807, 2.05) is 63.5 Å². The molecule has 0 aliphatic carbocycles. The predicted octanol–water partition coefficient (Wildman–Crippen LogP) is 3.55. The second-order valence-electron chi connectivity index (χ2n) is 8.11. The normalized spacial score (nSPS) is 12.6. The largest absolute Gasteiger partial charge is 0.491 e. The van der Waals surface area contributed by atoms with E-state index in [2.05, 4.69) is 49.4 Å². The number of aliphatic imine (C=N–C) groups is 1. The molecule has 33 heavy (non-hydrogen) atoms. The smallest absolute Gasteiger partial charge is 0.191 e. The minimum atomic E-state index is -0.707. The van der Waals surface area contributed by atoms with Gasteiger partial charge in [0.1, 0.15) is 11.6 Å². The van der Waals surface area contributed by atoms with Crippen LogP contribution in [0.5, 0.6) is 5.75 Å². The van der Waals surface area contributed by atoms with Gasteiger partial charge >= 0.3 is 0 Å². The highest BCUT2D eigenvalue weighted by atomic mass is 16.5. The van der Waals surface area contributed by atoms with Crippen LogP contribution in [0.3, 0.4) is 0 Å². The minimum Gasteiger partial charge on any atom is -0.491 e. The molecule has 3 aromatic rings. The highest BCUT2D eigenvalue weighted by molar-refractivity contribution is 5.79. The Bertz CT molecular complexity index is 1000. The van der Waals surface area contributed by atoms with E-state index in [-0.39, 0.29) is 12.6 Å². The summed E-state index contributed by atoms with van der Waals surface area (Å²) < 4.78 is 7.89. The molecule has 1 heterocycles. The molecule has 1 aromatic heterocycles. The fourth-order valence-electron chi connectivity index (χ4n) is 3.48. The molecule has 3 N–H and O–H groups in total. The van der Waals surface area contributed by atoms with Crippen LogP contribution in [0.15, 0.2) is 72.0 Å². The summed E-state index contributed by atoms with van der Waals surface area (Å²) in [6.45, 7) is 8.46. The quantitative estimate of drug-likeness (QED) is 0.308. The van der Waals surface area contributed by atoms with Gasteiger partial charge in [0.25, 0.3) is 0 Å². The fourth-order valence-corrected chi connectivity index (χ4v) is 3.48. The molecule has 176 valence electrons. The third kappa shape index (κ3) is 7.95. The Morgan fingerprint density at radius 2 is 1.94 bits per heavy atom. The number of aromatic nitrogens is 2. The first-order valence-corrected chi connectivity index (χ1v) is 11.6. The topological polar surface area (TPSA) is 83.7 Å². The maximum absolute atomic E-state index is 10.6. The molecule has 2 aromatic carbocycles. The van der Waals surface area contributed by atoms with E-state index in [4.69, 9.17) is 4.74 Å². The number of hydrogen-bond donors (Lipinski definition) is 3. The maximum atomic E-state index is 10.6. The number of benzene rings is 2. The second-order valence-corrected chi connectivity index (χ2v) is 8.11. The van der Waals surface area contributed by atoms with Crippen molar-refractivity contribution in [1.29, 1.82) is 0 Å². The van der Waals surface area contributed by atoms with Gasteiger partial charge in [-0.15, -0.1) is 0 Å². The summed E-state index contributed by atoms with van der Waals surface area (Å²) in [7, 11) is 0. The van der Waals surface area contributed by atoms with Crippen molar-refractivity contribution in [2.24, 2.45) is 4.99 Å². The van der Waals surface area contributed by atoms with E-state index in [1.54, 1.807) is 0 Å². The van der Waals surface area contributed by atoms with Crippen LogP contribution in [0.25, 0.3) is 0 Å². The number of nitrogens with one attached hydrogen (secondary N) is 2. The summed E-state index contributed by atoms with van der Waals surface area (Å²) in [5.41, 5.74) is 2.03. The molecule has 0 saturated carbocycles. The molecule has 0 saturated heterocycles. The van der Waals surface area contributed by atoms with Crippen LogP contribution in [0.2, 0.25) is 0 Å². The second kappa shape index (κ2) is 12.6. The van der Waals surface area contributed by atoms with Crippen molar-refractivity contribution in [3.63, 3.8) is 0 Å². The van der Waals surface area contributed by atoms with Crippen molar-refractivity contribution in [1.82, 2.24) is 20.2 Å². The van der Waals surface area contributed by atoms with Crippen LogP contribution in [0, 0.1) is 0 Å². The lowest BCUT2D eigenvalue weighted by Crippen LogP contribution is -2.38.